The minimum atomic E-state index is -0.210. The molecular formula is C19H21N3O2. The maximum absolute atomic E-state index is 12.2. The van der Waals surface area contributed by atoms with E-state index in [2.05, 4.69) is 15.6 Å². The Bertz CT molecular complexity index is 730. The zero-order chi connectivity index (χ0) is 16.9. The van der Waals surface area contributed by atoms with Crippen molar-refractivity contribution in [3.05, 3.63) is 65.5 Å². The van der Waals surface area contributed by atoms with Gasteiger partial charge in [-0.3, -0.25) is 14.6 Å². The Kier molecular flexibility index (Phi) is 4.89. The van der Waals surface area contributed by atoms with Gasteiger partial charge in [0.15, 0.2) is 0 Å². The summed E-state index contributed by atoms with van der Waals surface area (Å²) in [5, 5.41) is 5.80. The molecule has 2 N–H and O–H groups in total. The van der Waals surface area contributed by atoms with Gasteiger partial charge in [0.1, 0.15) is 0 Å². The molecule has 2 atom stereocenters. The zero-order valence-corrected chi connectivity index (χ0v) is 13.7. The van der Waals surface area contributed by atoms with Crippen molar-refractivity contribution in [1.82, 2.24) is 15.6 Å². The predicted molar refractivity (Wildman–Crippen MR) is 90.7 cm³/mol. The first kappa shape index (κ1) is 16.2. The van der Waals surface area contributed by atoms with Gasteiger partial charge in [-0.1, -0.05) is 30.3 Å². The van der Waals surface area contributed by atoms with Gasteiger partial charge < -0.3 is 10.6 Å². The van der Waals surface area contributed by atoms with Crippen molar-refractivity contribution in [1.29, 1.82) is 0 Å². The predicted octanol–water partition coefficient (Wildman–Crippen LogP) is 1.96. The van der Waals surface area contributed by atoms with E-state index < -0.39 is 0 Å². The highest BCUT2D eigenvalue weighted by molar-refractivity contribution is 5.92. The van der Waals surface area contributed by atoms with Crippen LogP contribution in [0.2, 0.25) is 0 Å². The van der Waals surface area contributed by atoms with Gasteiger partial charge in [-0.15, -0.1) is 0 Å². The van der Waals surface area contributed by atoms with E-state index in [-0.39, 0.29) is 23.7 Å². The number of hydrogen-bond donors (Lipinski definition) is 2. The van der Waals surface area contributed by atoms with Crippen molar-refractivity contribution >= 4 is 11.8 Å². The zero-order valence-electron chi connectivity index (χ0n) is 13.7. The smallest absolute Gasteiger partial charge is 0.224 e. The molecule has 0 saturated heterocycles. The molecular weight excluding hydrogens is 302 g/mol. The van der Waals surface area contributed by atoms with Gasteiger partial charge in [0.2, 0.25) is 11.8 Å². The molecule has 0 bridgehead atoms. The Balaban J connectivity index is 1.43. The lowest BCUT2D eigenvalue weighted by Crippen LogP contribution is -2.29. The number of nitrogens with one attached hydrogen (secondary N) is 2. The number of benzene rings is 1. The molecule has 1 aromatic heterocycles. The van der Waals surface area contributed by atoms with Crippen molar-refractivity contribution in [3.63, 3.8) is 0 Å². The molecule has 2 aromatic rings. The van der Waals surface area contributed by atoms with E-state index in [9.17, 15) is 9.59 Å². The number of aromatic nitrogens is 1. The first-order chi connectivity index (χ1) is 11.6. The van der Waals surface area contributed by atoms with Crippen LogP contribution in [0.25, 0.3) is 0 Å². The summed E-state index contributed by atoms with van der Waals surface area (Å²) in [6, 6.07) is 11.7. The molecule has 0 radical (unpaired) electrons. The highest BCUT2D eigenvalue weighted by Crippen LogP contribution is 2.38. The summed E-state index contributed by atoms with van der Waals surface area (Å²) in [5.74, 6) is -0.517. The molecule has 0 aliphatic heterocycles. The van der Waals surface area contributed by atoms with E-state index in [0.29, 0.717) is 19.5 Å². The quantitative estimate of drug-likeness (QED) is 0.854. The highest BCUT2D eigenvalue weighted by atomic mass is 16.2. The fourth-order valence-corrected chi connectivity index (χ4v) is 2.72. The van der Waals surface area contributed by atoms with Crippen molar-refractivity contribution in [2.75, 3.05) is 0 Å². The molecule has 5 heteroatoms. The normalized spacial score (nSPS) is 18.7. The molecule has 1 aliphatic carbocycles. The topological polar surface area (TPSA) is 71.1 Å². The minimum Gasteiger partial charge on any atom is -0.352 e. The molecule has 1 aromatic carbocycles. The summed E-state index contributed by atoms with van der Waals surface area (Å²) in [6.07, 6.45) is 4.04. The fourth-order valence-electron chi connectivity index (χ4n) is 2.72. The van der Waals surface area contributed by atoms with E-state index in [0.717, 1.165) is 16.7 Å². The van der Waals surface area contributed by atoms with Crippen LogP contribution < -0.4 is 10.6 Å². The van der Waals surface area contributed by atoms with Crippen LogP contribution in [-0.4, -0.2) is 16.8 Å². The number of pyridine rings is 1. The Morgan fingerprint density at radius 3 is 2.42 bits per heavy atom. The maximum Gasteiger partial charge on any atom is 0.224 e. The summed E-state index contributed by atoms with van der Waals surface area (Å²) in [5.41, 5.74) is 3.20. The standard InChI is InChI=1S/C19H21N3O2/c1-13-5-2-3-7-15(13)12-22-19(24)17-9-16(17)18(23)21-11-14-6-4-8-20-10-14/h2-8,10,16-17H,9,11-12H2,1H3,(H,21,23)(H,22,24). The van der Waals surface area contributed by atoms with Crippen LogP contribution in [0, 0.1) is 18.8 Å². The van der Waals surface area contributed by atoms with Gasteiger partial charge >= 0.3 is 0 Å². The van der Waals surface area contributed by atoms with E-state index in [1.807, 2.05) is 43.3 Å². The molecule has 1 saturated carbocycles. The second kappa shape index (κ2) is 7.25. The van der Waals surface area contributed by atoms with Gasteiger partial charge in [-0.25, -0.2) is 0 Å². The first-order valence-corrected chi connectivity index (χ1v) is 8.14. The maximum atomic E-state index is 12.2. The lowest BCUT2D eigenvalue weighted by Gasteiger charge is -2.08. The summed E-state index contributed by atoms with van der Waals surface area (Å²) < 4.78 is 0. The number of rotatable bonds is 6. The number of carbonyl (C=O) groups excluding carboxylic acids is 2. The Labute approximate surface area is 141 Å². The molecule has 1 heterocycles. The third-order valence-corrected chi connectivity index (χ3v) is 4.37. The molecule has 2 amide bonds. The number of aryl methyl sites for hydroxylation is 1. The highest BCUT2D eigenvalue weighted by Gasteiger charge is 2.47. The Morgan fingerprint density at radius 1 is 1.04 bits per heavy atom. The van der Waals surface area contributed by atoms with Crippen molar-refractivity contribution in [2.24, 2.45) is 11.8 Å². The monoisotopic (exact) mass is 323 g/mol. The molecule has 3 rings (SSSR count). The van der Waals surface area contributed by atoms with Crippen LogP contribution >= 0.6 is 0 Å². The van der Waals surface area contributed by atoms with Gasteiger partial charge in [-0.05, 0) is 36.1 Å². The third kappa shape index (κ3) is 3.98. The minimum absolute atomic E-state index is 0.0419. The summed E-state index contributed by atoms with van der Waals surface area (Å²) in [4.78, 5) is 28.3. The number of carbonyl (C=O) groups is 2. The van der Waals surface area contributed by atoms with Crippen LogP contribution in [0.15, 0.2) is 48.8 Å². The molecule has 124 valence electrons. The van der Waals surface area contributed by atoms with Gasteiger partial charge in [0.25, 0.3) is 0 Å². The second-order valence-electron chi connectivity index (χ2n) is 6.17. The fraction of sp³-hybridized carbons (Fsp3) is 0.316. The summed E-state index contributed by atoms with van der Waals surface area (Å²) in [7, 11) is 0. The third-order valence-electron chi connectivity index (χ3n) is 4.37. The molecule has 1 fully saturated rings. The molecule has 24 heavy (non-hydrogen) atoms. The van der Waals surface area contributed by atoms with E-state index in [4.69, 9.17) is 0 Å². The lowest BCUT2D eigenvalue weighted by atomic mass is 10.1. The van der Waals surface area contributed by atoms with Crippen molar-refractivity contribution in [2.45, 2.75) is 26.4 Å². The number of hydrogen-bond acceptors (Lipinski definition) is 3. The van der Waals surface area contributed by atoms with Gasteiger partial charge in [0.05, 0.1) is 11.8 Å². The van der Waals surface area contributed by atoms with Gasteiger partial charge in [0, 0.05) is 25.5 Å². The van der Waals surface area contributed by atoms with E-state index >= 15 is 0 Å². The van der Waals surface area contributed by atoms with Crippen LogP contribution in [0.1, 0.15) is 23.1 Å². The summed E-state index contributed by atoms with van der Waals surface area (Å²) >= 11 is 0. The molecule has 5 nitrogen and oxygen atoms in total. The molecule has 1 aliphatic rings. The average molecular weight is 323 g/mol. The van der Waals surface area contributed by atoms with Crippen LogP contribution in [0.5, 0.6) is 0 Å². The summed E-state index contributed by atoms with van der Waals surface area (Å²) in [6.45, 7) is 2.97. The number of nitrogens with zero attached hydrogens (tertiary/aromatic N) is 1. The van der Waals surface area contributed by atoms with Crippen LogP contribution in [0.3, 0.4) is 0 Å². The number of amides is 2. The van der Waals surface area contributed by atoms with Crippen molar-refractivity contribution < 1.29 is 9.59 Å². The van der Waals surface area contributed by atoms with Crippen LogP contribution in [0.4, 0.5) is 0 Å². The lowest BCUT2D eigenvalue weighted by molar-refractivity contribution is -0.127. The van der Waals surface area contributed by atoms with Crippen LogP contribution in [-0.2, 0) is 22.7 Å². The van der Waals surface area contributed by atoms with Crippen molar-refractivity contribution in [3.8, 4) is 0 Å². The largest absolute Gasteiger partial charge is 0.352 e. The Hall–Kier alpha value is -2.69. The van der Waals surface area contributed by atoms with Gasteiger partial charge in [-0.2, -0.15) is 0 Å². The average Bonchev–Trinajstić information content (AvgIpc) is 3.40. The Morgan fingerprint density at radius 2 is 1.75 bits per heavy atom. The first-order valence-electron chi connectivity index (χ1n) is 8.14. The molecule has 0 spiro atoms. The second-order valence-corrected chi connectivity index (χ2v) is 6.17. The molecule has 2 unspecified atom stereocenters. The van der Waals surface area contributed by atoms with E-state index in [1.165, 1.54) is 0 Å². The SMILES string of the molecule is Cc1ccccc1CNC(=O)C1CC1C(=O)NCc1cccnc1. The van der Waals surface area contributed by atoms with E-state index in [1.54, 1.807) is 12.4 Å².